The van der Waals surface area contributed by atoms with Crippen molar-refractivity contribution in [2.45, 2.75) is 20.0 Å². The second-order valence-electron chi connectivity index (χ2n) is 5.62. The van der Waals surface area contributed by atoms with Crippen LogP contribution in [0.25, 0.3) is 10.9 Å². The van der Waals surface area contributed by atoms with Crippen LogP contribution in [0.2, 0.25) is 0 Å². The zero-order chi connectivity index (χ0) is 16.2. The summed E-state index contributed by atoms with van der Waals surface area (Å²) in [7, 11) is 1.81. The number of hydrogen-bond acceptors (Lipinski definition) is 1. The standard InChI is InChI=1S/C19H21N3O/c1-3-22-14-17(16-11-7-8-12-18(16)22)20-19(23)21(2)13-15-9-5-4-6-10-15/h4-12,14H,3,13H2,1-2H3,(H,20,23). The number of rotatable bonds is 4. The highest BCUT2D eigenvalue weighted by atomic mass is 16.2. The molecule has 0 fully saturated rings. The number of urea groups is 1. The summed E-state index contributed by atoms with van der Waals surface area (Å²) in [5.41, 5.74) is 3.10. The summed E-state index contributed by atoms with van der Waals surface area (Å²) in [5, 5.41) is 4.09. The van der Waals surface area contributed by atoms with Gasteiger partial charge in [0.15, 0.2) is 0 Å². The molecule has 2 aromatic carbocycles. The summed E-state index contributed by atoms with van der Waals surface area (Å²) in [5.74, 6) is 0. The van der Waals surface area contributed by atoms with E-state index in [9.17, 15) is 4.79 Å². The molecule has 0 bridgehead atoms. The average Bonchev–Trinajstić information content (AvgIpc) is 2.94. The monoisotopic (exact) mass is 307 g/mol. The van der Waals surface area contributed by atoms with Gasteiger partial charge in [-0.15, -0.1) is 0 Å². The molecule has 0 saturated heterocycles. The Balaban J connectivity index is 1.77. The van der Waals surface area contributed by atoms with Gasteiger partial charge in [0.05, 0.1) is 11.2 Å². The molecule has 1 N–H and O–H groups in total. The Labute approximate surface area is 136 Å². The molecule has 0 atom stereocenters. The van der Waals surface area contributed by atoms with Crippen molar-refractivity contribution in [3.63, 3.8) is 0 Å². The van der Waals surface area contributed by atoms with Crippen LogP contribution < -0.4 is 5.32 Å². The van der Waals surface area contributed by atoms with E-state index in [0.717, 1.165) is 28.7 Å². The number of nitrogens with one attached hydrogen (secondary N) is 1. The number of hydrogen-bond donors (Lipinski definition) is 1. The van der Waals surface area contributed by atoms with Crippen molar-refractivity contribution in [3.8, 4) is 0 Å². The molecule has 0 spiro atoms. The molecule has 4 heteroatoms. The lowest BCUT2D eigenvalue weighted by atomic mass is 10.2. The van der Waals surface area contributed by atoms with Gasteiger partial charge in [0.25, 0.3) is 0 Å². The molecule has 2 amide bonds. The van der Waals surface area contributed by atoms with E-state index >= 15 is 0 Å². The molecule has 3 aromatic rings. The Bertz CT molecular complexity index is 808. The second kappa shape index (κ2) is 6.57. The molecular formula is C19H21N3O. The molecule has 0 saturated carbocycles. The quantitative estimate of drug-likeness (QED) is 0.765. The highest BCUT2D eigenvalue weighted by molar-refractivity contribution is 6.01. The number of benzene rings is 2. The third-order valence-electron chi connectivity index (χ3n) is 3.98. The lowest BCUT2D eigenvalue weighted by Crippen LogP contribution is -2.30. The van der Waals surface area contributed by atoms with Crippen LogP contribution in [0.4, 0.5) is 10.5 Å². The molecule has 1 heterocycles. The largest absolute Gasteiger partial charge is 0.346 e. The maximum absolute atomic E-state index is 12.5. The average molecular weight is 307 g/mol. The van der Waals surface area contributed by atoms with Gasteiger partial charge in [-0.2, -0.15) is 0 Å². The lowest BCUT2D eigenvalue weighted by molar-refractivity contribution is 0.220. The highest BCUT2D eigenvalue weighted by Crippen LogP contribution is 2.26. The minimum Gasteiger partial charge on any atom is -0.346 e. The first-order valence-corrected chi connectivity index (χ1v) is 7.83. The fourth-order valence-electron chi connectivity index (χ4n) is 2.75. The van der Waals surface area contributed by atoms with Crippen molar-refractivity contribution in [2.75, 3.05) is 12.4 Å². The molecule has 0 unspecified atom stereocenters. The van der Waals surface area contributed by atoms with E-state index in [1.54, 1.807) is 11.9 Å². The van der Waals surface area contributed by atoms with Gasteiger partial charge < -0.3 is 14.8 Å². The molecule has 0 radical (unpaired) electrons. The predicted octanol–water partition coefficient (Wildman–Crippen LogP) is 4.33. The van der Waals surface area contributed by atoms with E-state index in [-0.39, 0.29) is 6.03 Å². The van der Waals surface area contributed by atoms with Crippen LogP contribution in [0.5, 0.6) is 0 Å². The number of para-hydroxylation sites is 1. The molecule has 0 aliphatic rings. The summed E-state index contributed by atoms with van der Waals surface area (Å²) in [6.07, 6.45) is 2.00. The first-order chi connectivity index (χ1) is 11.2. The summed E-state index contributed by atoms with van der Waals surface area (Å²) < 4.78 is 2.14. The third-order valence-corrected chi connectivity index (χ3v) is 3.98. The SMILES string of the molecule is CCn1cc(NC(=O)N(C)Cc2ccccc2)c2ccccc21. The van der Waals surface area contributed by atoms with Crippen LogP contribution >= 0.6 is 0 Å². The molecule has 1 aromatic heterocycles. The van der Waals surface area contributed by atoms with Crippen molar-refractivity contribution in [1.29, 1.82) is 0 Å². The van der Waals surface area contributed by atoms with Gasteiger partial charge >= 0.3 is 6.03 Å². The van der Waals surface area contributed by atoms with Gasteiger partial charge in [0, 0.05) is 31.7 Å². The van der Waals surface area contributed by atoms with E-state index in [4.69, 9.17) is 0 Å². The summed E-state index contributed by atoms with van der Waals surface area (Å²) in [4.78, 5) is 14.2. The Kier molecular flexibility index (Phi) is 4.33. The Morgan fingerprint density at radius 3 is 2.52 bits per heavy atom. The topological polar surface area (TPSA) is 37.3 Å². The van der Waals surface area contributed by atoms with Crippen molar-refractivity contribution in [1.82, 2.24) is 9.47 Å². The van der Waals surface area contributed by atoms with Gasteiger partial charge in [0.2, 0.25) is 0 Å². The summed E-state index contributed by atoms with van der Waals surface area (Å²) in [6.45, 7) is 3.55. The Morgan fingerprint density at radius 1 is 1.09 bits per heavy atom. The van der Waals surface area contributed by atoms with Crippen LogP contribution in [0, 0.1) is 0 Å². The second-order valence-corrected chi connectivity index (χ2v) is 5.62. The van der Waals surface area contributed by atoms with Gasteiger partial charge in [-0.1, -0.05) is 48.5 Å². The zero-order valence-corrected chi connectivity index (χ0v) is 13.5. The molecule has 118 valence electrons. The number of anilines is 1. The smallest absolute Gasteiger partial charge is 0.321 e. The lowest BCUT2D eigenvalue weighted by Gasteiger charge is -2.17. The number of carbonyl (C=O) groups excluding carboxylic acids is 1. The molecule has 23 heavy (non-hydrogen) atoms. The van der Waals surface area contributed by atoms with Crippen molar-refractivity contribution < 1.29 is 4.79 Å². The van der Waals surface area contributed by atoms with Crippen LogP contribution in [0.15, 0.2) is 60.8 Å². The third kappa shape index (κ3) is 3.21. The van der Waals surface area contributed by atoms with Crippen LogP contribution in [0.3, 0.4) is 0 Å². The van der Waals surface area contributed by atoms with Crippen LogP contribution in [-0.2, 0) is 13.1 Å². The minimum atomic E-state index is -0.104. The number of nitrogens with zero attached hydrogens (tertiary/aromatic N) is 2. The molecular weight excluding hydrogens is 286 g/mol. The fourth-order valence-corrected chi connectivity index (χ4v) is 2.75. The number of aromatic nitrogens is 1. The summed E-state index contributed by atoms with van der Waals surface area (Å²) in [6, 6.07) is 18.0. The first kappa shape index (κ1) is 15.2. The van der Waals surface area contributed by atoms with E-state index in [1.807, 2.05) is 54.7 Å². The van der Waals surface area contributed by atoms with Gasteiger partial charge in [-0.05, 0) is 18.6 Å². The normalized spacial score (nSPS) is 10.7. The van der Waals surface area contributed by atoms with Crippen molar-refractivity contribution in [2.24, 2.45) is 0 Å². The van der Waals surface area contributed by atoms with E-state index < -0.39 is 0 Å². The van der Waals surface area contributed by atoms with Crippen molar-refractivity contribution >= 4 is 22.6 Å². The van der Waals surface area contributed by atoms with Crippen LogP contribution in [0.1, 0.15) is 12.5 Å². The fraction of sp³-hybridized carbons (Fsp3) is 0.211. The number of fused-ring (bicyclic) bond motifs is 1. The molecule has 3 rings (SSSR count). The first-order valence-electron chi connectivity index (χ1n) is 7.83. The van der Waals surface area contributed by atoms with E-state index in [2.05, 4.69) is 22.9 Å². The maximum atomic E-state index is 12.5. The van der Waals surface area contributed by atoms with E-state index in [0.29, 0.717) is 6.54 Å². The number of aryl methyl sites for hydroxylation is 1. The van der Waals surface area contributed by atoms with Crippen molar-refractivity contribution in [3.05, 3.63) is 66.4 Å². The van der Waals surface area contributed by atoms with Gasteiger partial charge in [-0.25, -0.2) is 4.79 Å². The number of amides is 2. The van der Waals surface area contributed by atoms with Crippen LogP contribution in [-0.4, -0.2) is 22.5 Å². The zero-order valence-electron chi connectivity index (χ0n) is 13.5. The molecule has 0 aliphatic heterocycles. The Morgan fingerprint density at radius 2 is 1.78 bits per heavy atom. The van der Waals surface area contributed by atoms with Gasteiger partial charge in [-0.3, -0.25) is 0 Å². The maximum Gasteiger partial charge on any atom is 0.321 e. The Hall–Kier alpha value is -2.75. The molecule has 4 nitrogen and oxygen atoms in total. The van der Waals surface area contributed by atoms with E-state index in [1.165, 1.54) is 0 Å². The predicted molar refractivity (Wildman–Crippen MR) is 94.5 cm³/mol. The molecule has 0 aliphatic carbocycles. The highest BCUT2D eigenvalue weighted by Gasteiger charge is 2.13. The van der Waals surface area contributed by atoms with Gasteiger partial charge in [0.1, 0.15) is 0 Å². The summed E-state index contributed by atoms with van der Waals surface area (Å²) >= 11 is 0. The minimum absolute atomic E-state index is 0.104. The number of carbonyl (C=O) groups is 1.